The van der Waals surface area contributed by atoms with E-state index in [0.717, 1.165) is 31.2 Å². The van der Waals surface area contributed by atoms with Crippen molar-refractivity contribution in [2.75, 3.05) is 18.4 Å². The Morgan fingerprint density at radius 2 is 2.23 bits per heavy atom. The summed E-state index contributed by atoms with van der Waals surface area (Å²) in [5.74, 6) is 2.28. The van der Waals surface area contributed by atoms with E-state index < -0.39 is 5.60 Å². The molecule has 2 heterocycles. The number of hydrogen-bond acceptors (Lipinski definition) is 4. The summed E-state index contributed by atoms with van der Waals surface area (Å²) in [5.41, 5.74) is 0.729. The molecule has 1 aromatic heterocycles. The van der Waals surface area contributed by atoms with Crippen LogP contribution in [-0.4, -0.2) is 34.6 Å². The number of anilines is 1. The topological polar surface area (TPSA) is 68.2 Å². The van der Waals surface area contributed by atoms with Crippen molar-refractivity contribution in [3.05, 3.63) is 11.8 Å². The lowest BCUT2D eigenvalue weighted by Crippen LogP contribution is -2.40. The maximum Gasteiger partial charge on any atom is 0.407 e. The Hall–Kier alpha value is -1.72. The zero-order valence-corrected chi connectivity index (χ0v) is 13.7. The smallest absolute Gasteiger partial charge is 0.407 e. The van der Waals surface area contributed by atoms with Gasteiger partial charge >= 0.3 is 6.09 Å². The molecule has 6 heteroatoms. The van der Waals surface area contributed by atoms with Crippen molar-refractivity contribution in [3.8, 4) is 0 Å². The van der Waals surface area contributed by atoms with Crippen LogP contribution in [0.3, 0.4) is 0 Å². The lowest BCUT2D eigenvalue weighted by atomic mass is 10.1. The average Bonchev–Trinajstić information content (AvgIpc) is 3.12. The summed E-state index contributed by atoms with van der Waals surface area (Å²) in [5, 5.41) is 10.9. The monoisotopic (exact) mass is 306 g/mol. The second kappa shape index (κ2) is 5.82. The minimum atomic E-state index is -0.457. The van der Waals surface area contributed by atoms with Crippen molar-refractivity contribution in [2.45, 2.75) is 52.2 Å². The lowest BCUT2D eigenvalue weighted by molar-refractivity contribution is 0.0518. The van der Waals surface area contributed by atoms with Crippen LogP contribution < -0.4 is 10.6 Å². The molecule has 22 heavy (non-hydrogen) atoms. The molecule has 1 aliphatic heterocycles. The van der Waals surface area contributed by atoms with Crippen LogP contribution in [0.5, 0.6) is 0 Å². The number of hydrogen-bond donors (Lipinski definition) is 2. The molecule has 0 saturated heterocycles. The summed E-state index contributed by atoms with van der Waals surface area (Å²) in [6, 6.07) is 2.16. The number of carbonyl (C=O) groups excluding carboxylic acids is 1. The Morgan fingerprint density at radius 1 is 1.45 bits per heavy atom. The molecule has 1 amide bonds. The molecule has 1 unspecified atom stereocenters. The van der Waals surface area contributed by atoms with Gasteiger partial charge < -0.3 is 15.4 Å². The Morgan fingerprint density at radius 3 is 2.91 bits per heavy atom. The molecule has 1 aliphatic carbocycles. The largest absolute Gasteiger partial charge is 0.444 e. The Labute approximate surface area is 131 Å². The van der Waals surface area contributed by atoms with Gasteiger partial charge in [-0.15, -0.1) is 0 Å². The summed E-state index contributed by atoms with van der Waals surface area (Å²) in [6.07, 6.45) is 3.44. The van der Waals surface area contributed by atoms with Crippen LogP contribution in [0.15, 0.2) is 6.07 Å². The van der Waals surface area contributed by atoms with Crippen LogP contribution in [0.4, 0.5) is 10.6 Å². The average molecular weight is 306 g/mol. The molecule has 2 aliphatic rings. The number of ether oxygens (including phenoxy) is 1. The van der Waals surface area contributed by atoms with E-state index in [1.807, 2.05) is 25.5 Å². The fraction of sp³-hybridized carbons (Fsp3) is 0.750. The third-order valence-electron chi connectivity index (χ3n) is 3.96. The normalized spacial score (nSPS) is 21.0. The number of nitrogens with one attached hydrogen (secondary N) is 2. The van der Waals surface area contributed by atoms with Gasteiger partial charge in [0.15, 0.2) is 0 Å². The van der Waals surface area contributed by atoms with Crippen molar-refractivity contribution in [2.24, 2.45) is 11.8 Å². The Bertz CT molecular complexity index is 543. The molecule has 6 nitrogen and oxygen atoms in total. The van der Waals surface area contributed by atoms with Crippen molar-refractivity contribution in [1.29, 1.82) is 0 Å². The molecule has 2 N–H and O–H groups in total. The predicted octanol–water partition coefficient (Wildman–Crippen LogP) is 2.40. The molecule has 1 atom stereocenters. The molecule has 1 saturated carbocycles. The van der Waals surface area contributed by atoms with Crippen molar-refractivity contribution in [1.82, 2.24) is 15.1 Å². The van der Waals surface area contributed by atoms with E-state index in [-0.39, 0.29) is 6.09 Å². The zero-order chi connectivity index (χ0) is 15.7. The van der Waals surface area contributed by atoms with Crippen molar-refractivity contribution < 1.29 is 9.53 Å². The minimum absolute atomic E-state index is 0.327. The van der Waals surface area contributed by atoms with Crippen LogP contribution in [0, 0.1) is 11.8 Å². The number of amides is 1. The van der Waals surface area contributed by atoms with Gasteiger partial charge in [0, 0.05) is 31.6 Å². The fourth-order valence-electron chi connectivity index (χ4n) is 2.71. The van der Waals surface area contributed by atoms with Gasteiger partial charge in [0.25, 0.3) is 0 Å². The number of carbonyl (C=O) groups is 1. The van der Waals surface area contributed by atoms with Gasteiger partial charge in [-0.3, -0.25) is 0 Å². The Balaban J connectivity index is 1.48. The molecule has 0 radical (unpaired) electrons. The summed E-state index contributed by atoms with van der Waals surface area (Å²) in [7, 11) is 0. The number of nitrogens with zero attached hydrogens (tertiary/aromatic N) is 2. The molecule has 3 rings (SSSR count). The van der Waals surface area contributed by atoms with Gasteiger partial charge in [-0.05, 0) is 46.0 Å². The Kier molecular flexibility index (Phi) is 4.02. The van der Waals surface area contributed by atoms with Gasteiger partial charge in [0.2, 0.25) is 0 Å². The summed E-state index contributed by atoms with van der Waals surface area (Å²) in [4.78, 5) is 11.7. The van der Waals surface area contributed by atoms with Gasteiger partial charge in [-0.1, -0.05) is 0 Å². The zero-order valence-electron chi connectivity index (χ0n) is 13.7. The first-order valence-corrected chi connectivity index (χ1v) is 8.16. The van der Waals surface area contributed by atoms with Gasteiger partial charge in [0.05, 0.1) is 5.69 Å². The molecule has 122 valence electrons. The van der Waals surface area contributed by atoms with E-state index in [2.05, 4.69) is 21.8 Å². The second-order valence-corrected chi connectivity index (χ2v) is 7.48. The van der Waals surface area contributed by atoms with Crippen LogP contribution >= 0.6 is 0 Å². The molecular weight excluding hydrogens is 280 g/mol. The molecule has 0 spiro atoms. The first-order valence-electron chi connectivity index (χ1n) is 8.16. The fourth-order valence-corrected chi connectivity index (χ4v) is 2.71. The maximum absolute atomic E-state index is 11.7. The number of fused-ring (bicyclic) bond motifs is 1. The third kappa shape index (κ3) is 4.15. The second-order valence-electron chi connectivity index (χ2n) is 7.48. The van der Waals surface area contributed by atoms with E-state index in [9.17, 15) is 4.79 Å². The van der Waals surface area contributed by atoms with Crippen molar-refractivity contribution >= 4 is 11.9 Å². The standard InChI is InChI=1S/C16H26N4O2/c1-16(2,3)22-15(21)18-9-12-8-17-14-7-13(6-11-4-5-11)19-20(14)10-12/h7,11-12,17H,4-6,8-10H2,1-3H3,(H,18,21). The first kappa shape index (κ1) is 15.2. The van der Waals surface area contributed by atoms with E-state index in [1.165, 1.54) is 18.5 Å². The third-order valence-corrected chi connectivity index (χ3v) is 3.96. The molecule has 0 bridgehead atoms. The SMILES string of the molecule is CC(C)(C)OC(=O)NCC1CNc2cc(CC3CC3)nn2C1. The first-order chi connectivity index (χ1) is 10.4. The molecule has 0 aromatic carbocycles. The summed E-state index contributed by atoms with van der Waals surface area (Å²) >= 11 is 0. The van der Waals surface area contributed by atoms with Crippen molar-refractivity contribution in [3.63, 3.8) is 0 Å². The minimum Gasteiger partial charge on any atom is -0.444 e. The highest BCUT2D eigenvalue weighted by Gasteiger charge is 2.26. The van der Waals surface area contributed by atoms with Gasteiger partial charge in [0.1, 0.15) is 11.4 Å². The molecular formula is C16H26N4O2. The van der Waals surface area contributed by atoms with Crippen LogP contribution in [0.1, 0.15) is 39.3 Å². The predicted molar refractivity (Wildman–Crippen MR) is 84.9 cm³/mol. The number of aromatic nitrogens is 2. The summed E-state index contributed by atoms with van der Waals surface area (Å²) in [6.45, 7) is 7.89. The van der Waals surface area contributed by atoms with Crippen LogP contribution in [0.2, 0.25) is 0 Å². The van der Waals surface area contributed by atoms with E-state index in [1.54, 1.807) is 0 Å². The highest BCUT2D eigenvalue weighted by atomic mass is 16.6. The van der Waals surface area contributed by atoms with E-state index in [0.29, 0.717) is 12.5 Å². The highest BCUT2D eigenvalue weighted by molar-refractivity contribution is 5.67. The lowest BCUT2D eigenvalue weighted by Gasteiger charge is -2.26. The number of rotatable bonds is 4. The van der Waals surface area contributed by atoms with Gasteiger partial charge in [-0.2, -0.15) is 5.10 Å². The maximum atomic E-state index is 11.7. The van der Waals surface area contributed by atoms with E-state index >= 15 is 0 Å². The number of alkyl carbamates (subject to hydrolysis) is 1. The van der Waals surface area contributed by atoms with E-state index in [4.69, 9.17) is 4.74 Å². The van der Waals surface area contributed by atoms with Gasteiger partial charge in [-0.25, -0.2) is 9.48 Å². The van der Waals surface area contributed by atoms with Crippen LogP contribution in [0.25, 0.3) is 0 Å². The molecule has 1 aromatic rings. The van der Waals surface area contributed by atoms with Crippen LogP contribution in [-0.2, 0) is 17.7 Å². The molecule has 1 fully saturated rings. The summed E-state index contributed by atoms with van der Waals surface area (Å²) < 4.78 is 7.29. The highest BCUT2D eigenvalue weighted by Crippen LogP contribution is 2.33. The quantitative estimate of drug-likeness (QED) is 0.896.